The summed E-state index contributed by atoms with van der Waals surface area (Å²) in [5.74, 6) is 0. The van der Waals surface area contributed by atoms with Crippen LogP contribution in [0, 0.1) is 5.41 Å². The molecule has 0 aromatic heterocycles. The molecule has 1 aliphatic rings. The predicted octanol–water partition coefficient (Wildman–Crippen LogP) is 6.30. The molecule has 102 valence electrons. The molecule has 0 N–H and O–H groups in total. The molecule has 0 aromatic rings. The van der Waals surface area contributed by atoms with Gasteiger partial charge in [0.15, 0.2) is 0 Å². The summed E-state index contributed by atoms with van der Waals surface area (Å²) in [6.07, 6.45) is 13.2. The summed E-state index contributed by atoms with van der Waals surface area (Å²) in [7, 11) is 0. The van der Waals surface area contributed by atoms with Crippen LogP contribution in [-0.2, 0) is 0 Å². The third kappa shape index (κ3) is 6.47. The van der Waals surface area contributed by atoms with Crippen LogP contribution in [0.15, 0.2) is 0 Å². The average molecular weight is 324 g/mol. The highest BCUT2D eigenvalue weighted by atomic mass is 79.9. The van der Waals surface area contributed by atoms with Gasteiger partial charge in [-0.1, -0.05) is 61.4 Å². The zero-order valence-electron chi connectivity index (χ0n) is 11.5. The molecule has 1 saturated carbocycles. The van der Waals surface area contributed by atoms with Crippen molar-refractivity contribution >= 4 is 27.5 Å². The van der Waals surface area contributed by atoms with Gasteiger partial charge in [0.2, 0.25) is 0 Å². The van der Waals surface area contributed by atoms with Crippen LogP contribution in [0.4, 0.5) is 0 Å². The van der Waals surface area contributed by atoms with E-state index in [4.69, 9.17) is 11.6 Å². The number of halogens is 2. The largest absolute Gasteiger partial charge is 0.120 e. The molecule has 0 spiro atoms. The fourth-order valence-electron chi connectivity index (χ4n) is 2.83. The minimum absolute atomic E-state index is 0.0674. The zero-order valence-corrected chi connectivity index (χ0v) is 13.9. The summed E-state index contributed by atoms with van der Waals surface area (Å²) in [5, 5.41) is 1.16. The van der Waals surface area contributed by atoms with E-state index in [2.05, 4.69) is 29.8 Å². The predicted molar refractivity (Wildman–Crippen MR) is 82.3 cm³/mol. The van der Waals surface area contributed by atoms with E-state index in [9.17, 15) is 0 Å². The van der Waals surface area contributed by atoms with Crippen molar-refractivity contribution in [2.75, 3.05) is 5.33 Å². The third-order valence-electron chi connectivity index (χ3n) is 4.28. The van der Waals surface area contributed by atoms with Crippen molar-refractivity contribution in [2.24, 2.45) is 5.41 Å². The molecule has 1 fully saturated rings. The normalized spacial score (nSPS) is 38.1. The molecule has 0 heterocycles. The highest BCUT2D eigenvalue weighted by molar-refractivity contribution is 9.09. The Morgan fingerprint density at radius 2 is 1.24 bits per heavy atom. The molecule has 0 amide bonds. The molecule has 1 aliphatic carbocycles. The van der Waals surface area contributed by atoms with Crippen molar-refractivity contribution in [3.8, 4) is 0 Å². The second-order valence-corrected chi connectivity index (χ2v) is 7.95. The Hall–Kier alpha value is 0.770. The van der Waals surface area contributed by atoms with Gasteiger partial charge in [0.05, 0.1) is 0 Å². The first-order chi connectivity index (χ1) is 7.97. The number of rotatable bonds is 1. The number of hydrogen-bond acceptors (Lipinski definition) is 0. The lowest BCUT2D eigenvalue weighted by Crippen LogP contribution is -2.20. The second-order valence-electron chi connectivity index (χ2n) is 6.48. The first kappa shape index (κ1) is 15.8. The van der Waals surface area contributed by atoms with Gasteiger partial charge in [0.1, 0.15) is 0 Å². The molecule has 17 heavy (non-hydrogen) atoms. The van der Waals surface area contributed by atoms with Gasteiger partial charge in [0.25, 0.3) is 0 Å². The van der Waals surface area contributed by atoms with Gasteiger partial charge < -0.3 is 0 Å². The molecule has 0 aliphatic heterocycles. The van der Waals surface area contributed by atoms with Gasteiger partial charge in [-0.25, -0.2) is 0 Å². The number of alkyl halides is 2. The van der Waals surface area contributed by atoms with Crippen LogP contribution < -0.4 is 0 Å². The number of hydrogen-bond donors (Lipinski definition) is 0. The fraction of sp³-hybridized carbons (Fsp3) is 1.00. The Balaban J connectivity index is 2.44. The maximum Gasteiger partial charge on any atom is 0.0418 e. The lowest BCUT2D eigenvalue weighted by atomic mass is 9.80. The van der Waals surface area contributed by atoms with Crippen molar-refractivity contribution in [1.82, 2.24) is 0 Å². The second kappa shape index (κ2) is 7.38. The zero-order chi connectivity index (χ0) is 12.8. The molecule has 0 aromatic carbocycles. The highest BCUT2D eigenvalue weighted by Gasteiger charge is 2.24. The van der Waals surface area contributed by atoms with Crippen molar-refractivity contribution in [3.63, 3.8) is 0 Å². The van der Waals surface area contributed by atoms with Crippen LogP contribution in [0.3, 0.4) is 0 Å². The summed E-state index contributed by atoms with van der Waals surface area (Å²) in [6.45, 7) is 4.67. The maximum absolute atomic E-state index is 6.54. The minimum Gasteiger partial charge on any atom is -0.120 e. The molecule has 0 nitrogen and oxygen atoms in total. The van der Waals surface area contributed by atoms with Crippen molar-refractivity contribution in [3.05, 3.63) is 0 Å². The lowest BCUT2D eigenvalue weighted by Gasteiger charge is -2.29. The van der Waals surface area contributed by atoms with E-state index < -0.39 is 0 Å². The van der Waals surface area contributed by atoms with Crippen molar-refractivity contribution in [1.29, 1.82) is 0 Å². The summed E-state index contributed by atoms with van der Waals surface area (Å²) in [6, 6.07) is 0. The monoisotopic (exact) mass is 322 g/mol. The molecule has 0 radical (unpaired) electrons. The van der Waals surface area contributed by atoms with Crippen LogP contribution in [0.5, 0.6) is 0 Å². The van der Waals surface area contributed by atoms with Crippen molar-refractivity contribution in [2.45, 2.75) is 82.9 Å². The van der Waals surface area contributed by atoms with Crippen LogP contribution in [-0.4, -0.2) is 10.2 Å². The van der Waals surface area contributed by atoms with Gasteiger partial charge in [-0.3, -0.25) is 0 Å². The van der Waals surface area contributed by atoms with Crippen LogP contribution in [0.1, 0.15) is 78.1 Å². The lowest BCUT2D eigenvalue weighted by molar-refractivity contribution is 0.285. The van der Waals surface area contributed by atoms with E-state index >= 15 is 0 Å². The van der Waals surface area contributed by atoms with Gasteiger partial charge in [-0.2, -0.15) is 0 Å². The Morgan fingerprint density at radius 1 is 0.824 bits per heavy atom. The Labute approximate surface area is 121 Å². The van der Waals surface area contributed by atoms with Gasteiger partial charge in [0, 0.05) is 10.2 Å². The van der Waals surface area contributed by atoms with Crippen LogP contribution >= 0.6 is 27.5 Å². The minimum atomic E-state index is 0.0674. The summed E-state index contributed by atoms with van der Waals surface area (Å²) >= 11 is 10.2. The Kier molecular flexibility index (Phi) is 6.87. The van der Waals surface area contributed by atoms with Gasteiger partial charge in [-0.05, 0) is 38.0 Å². The van der Waals surface area contributed by atoms with Gasteiger partial charge in [-0.15, -0.1) is 11.6 Å². The molecule has 0 bridgehead atoms. The third-order valence-corrected chi connectivity index (χ3v) is 6.01. The topological polar surface area (TPSA) is 0 Å². The summed E-state index contributed by atoms with van der Waals surface area (Å²) in [5.41, 5.74) is 0.531. The average Bonchev–Trinajstić information content (AvgIpc) is 2.26. The van der Waals surface area contributed by atoms with Crippen LogP contribution in [0.2, 0.25) is 0 Å². The standard InChI is InChI=1S/C15H28BrCl/c1-14(13-16)9-5-3-7-11-15(2,17)12-8-4-6-10-14/h3-13H2,1-2H3. The van der Waals surface area contributed by atoms with E-state index in [0.717, 1.165) is 5.33 Å². The smallest absolute Gasteiger partial charge is 0.0418 e. The fourth-order valence-corrected chi connectivity index (χ4v) is 3.66. The molecule has 0 saturated heterocycles. The van der Waals surface area contributed by atoms with Crippen molar-refractivity contribution < 1.29 is 0 Å². The molecule has 0 atom stereocenters. The quantitative estimate of drug-likeness (QED) is 0.497. The van der Waals surface area contributed by atoms with E-state index in [-0.39, 0.29) is 4.87 Å². The Bertz CT molecular complexity index is 197. The van der Waals surface area contributed by atoms with E-state index in [0.29, 0.717) is 5.41 Å². The first-order valence-corrected chi connectivity index (χ1v) is 8.72. The van der Waals surface area contributed by atoms with Gasteiger partial charge >= 0.3 is 0 Å². The summed E-state index contributed by atoms with van der Waals surface area (Å²) < 4.78 is 0. The van der Waals surface area contributed by atoms with E-state index in [1.165, 1.54) is 64.2 Å². The molecular formula is C15H28BrCl. The Morgan fingerprint density at radius 3 is 1.65 bits per heavy atom. The SMILES string of the molecule is CC1(Cl)CCCCCC(C)(CBr)CCCCC1. The molecular weight excluding hydrogens is 296 g/mol. The summed E-state index contributed by atoms with van der Waals surface area (Å²) in [4.78, 5) is 0.0674. The maximum atomic E-state index is 6.54. The van der Waals surface area contributed by atoms with E-state index in [1.54, 1.807) is 0 Å². The molecule has 2 heteroatoms. The molecule has 1 rings (SSSR count). The van der Waals surface area contributed by atoms with Crippen LogP contribution in [0.25, 0.3) is 0 Å². The first-order valence-electron chi connectivity index (χ1n) is 7.22. The molecule has 0 unspecified atom stereocenters. The van der Waals surface area contributed by atoms with E-state index in [1.807, 2.05) is 0 Å². The highest BCUT2D eigenvalue weighted by Crippen LogP contribution is 2.35.